The summed E-state index contributed by atoms with van der Waals surface area (Å²) in [4.78, 5) is 26.1. The first kappa shape index (κ1) is 18.2. The third-order valence-corrected chi connectivity index (χ3v) is 4.13. The maximum atomic E-state index is 13.7. The molecule has 1 amide bonds. The number of carbonyl (C=O) groups excluding carboxylic acids is 1. The molecule has 1 aromatic rings. The van der Waals surface area contributed by atoms with Crippen molar-refractivity contribution in [2.45, 2.75) is 18.6 Å². The van der Waals surface area contributed by atoms with Gasteiger partial charge in [0, 0.05) is 13.1 Å². The molecule has 7 nitrogen and oxygen atoms in total. The van der Waals surface area contributed by atoms with E-state index < -0.39 is 23.9 Å². The zero-order valence-corrected chi connectivity index (χ0v) is 13.6. The molecule has 0 aromatic heterocycles. The molecule has 1 heterocycles. The summed E-state index contributed by atoms with van der Waals surface area (Å²) in [5.74, 6) is -1.67. The maximum Gasteiger partial charge on any atom is 0.317 e. The van der Waals surface area contributed by atoms with Crippen molar-refractivity contribution in [1.29, 1.82) is 0 Å². The Kier molecular flexibility index (Phi) is 5.74. The van der Waals surface area contributed by atoms with Gasteiger partial charge in [-0.05, 0) is 24.7 Å². The zero-order chi connectivity index (χ0) is 17.9. The third kappa shape index (κ3) is 4.21. The number of rotatable bonds is 6. The number of carboxylic acid groups (broad SMARTS) is 1. The van der Waals surface area contributed by atoms with Crippen molar-refractivity contribution in [2.24, 2.45) is 0 Å². The Morgan fingerprint density at radius 3 is 2.71 bits per heavy atom. The molecule has 132 valence electrons. The lowest BCUT2D eigenvalue weighted by molar-refractivity contribution is -0.138. The van der Waals surface area contributed by atoms with Crippen LogP contribution in [0.5, 0.6) is 5.75 Å². The first-order valence-electron chi connectivity index (χ1n) is 7.52. The highest BCUT2D eigenvalue weighted by molar-refractivity contribution is 5.79. The zero-order valence-electron chi connectivity index (χ0n) is 13.6. The lowest BCUT2D eigenvalue weighted by Crippen LogP contribution is -2.43. The van der Waals surface area contributed by atoms with E-state index in [1.807, 2.05) is 0 Å². The number of carboxylic acids is 1. The molecule has 0 radical (unpaired) electrons. The van der Waals surface area contributed by atoms with Crippen LogP contribution in [0.4, 0.5) is 4.39 Å². The van der Waals surface area contributed by atoms with Gasteiger partial charge in [0.2, 0.25) is 5.91 Å². The van der Waals surface area contributed by atoms with Crippen molar-refractivity contribution in [1.82, 2.24) is 9.80 Å². The first-order chi connectivity index (χ1) is 11.3. The lowest BCUT2D eigenvalue weighted by Gasteiger charge is -2.24. The van der Waals surface area contributed by atoms with Crippen LogP contribution in [0, 0.1) is 5.82 Å². The number of hydrogen-bond donors (Lipinski definition) is 2. The van der Waals surface area contributed by atoms with Gasteiger partial charge in [0.15, 0.2) is 11.6 Å². The van der Waals surface area contributed by atoms with E-state index in [1.54, 1.807) is 13.1 Å². The smallest absolute Gasteiger partial charge is 0.317 e. The van der Waals surface area contributed by atoms with E-state index in [4.69, 9.17) is 9.84 Å². The number of likely N-dealkylation sites (N-methyl/N-ethyl adjacent to an activating group) is 1. The van der Waals surface area contributed by atoms with Gasteiger partial charge in [0.25, 0.3) is 0 Å². The molecule has 0 spiro atoms. The number of hydrogen-bond acceptors (Lipinski definition) is 5. The highest BCUT2D eigenvalue weighted by Gasteiger charge is 2.36. The summed E-state index contributed by atoms with van der Waals surface area (Å²) in [7, 11) is 2.96. The Morgan fingerprint density at radius 2 is 2.12 bits per heavy atom. The predicted molar refractivity (Wildman–Crippen MR) is 83.3 cm³/mol. The van der Waals surface area contributed by atoms with Crippen LogP contribution >= 0.6 is 0 Å². The summed E-state index contributed by atoms with van der Waals surface area (Å²) >= 11 is 0. The molecular weight excluding hydrogens is 319 g/mol. The van der Waals surface area contributed by atoms with Crippen molar-refractivity contribution < 1.29 is 28.9 Å². The molecule has 1 aliphatic heterocycles. The fourth-order valence-corrected chi connectivity index (χ4v) is 2.84. The van der Waals surface area contributed by atoms with Crippen LogP contribution in [-0.2, 0) is 16.0 Å². The molecule has 24 heavy (non-hydrogen) atoms. The molecule has 0 aliphatic carbocycles. The monoisotopic (exact) mass is 340 g/mol. The lowest BCUT2D eigenvalue weighted by atomic mass is 10.1. The summed E-state index contributed by atoms with van der Waals surface area (Å²) in [6, 6.07) is 3.88. The van der Waals surface area contributed by atoms with Crippen LogP contribution in [0.15, 0.2) is 18.2 Å². The van der Waals surface area contributed by atoms with Gasteiger partial charge in [0.1, 0.15) is 0 Å². The molecule has 1 aliphatic rings. The second-order valence-corrected chi connectivity index (χ2v) is 5.89. The summed E-state index contributed by atoms with van der Waals surface area (Å²) in [6.07, 6.45) is -0.811. The molecule has 1 aromatic carbocycles. The largest absolute Gasteiger partial charge is 0.494 e. The Hall–Kier alpha value is -2.19. The minimum atomic E-state index is -0.997. The van der Waals surface area contributed by atoms with E-state index in [1.165, 1.54) is 29.0 Å². The van der Waals surface area contributed by atoms with Crippen molar-refractivity contribution in [3.8, 4) is 5.75 Å². The number of ether oxygens (including phenoxy) is 1. The number of benzene rings is 1. The van der Waals surface area contributed by atoms with Gasteiger partial charge in [-0.15, -0.1) is 0 Å². The number of carbonyl (C=O) groups is 2. The summed E-state index contributed by atoms with van der Waals surface area (Å²) in [6.45, 7) is 0.155. The molecular formula is C16H21FN2O5. The van der Waals surface area contributed by atoms with Gasteiger partial charge in [-0.1, -0.05) is 6.07 Å². The second-order valence-electron chi connectivity index (χ2n) is 5.89. The molecule has 0 saturated carbocycles. The molecule has 1 fully saturated rings. The van der Waals surface area contributed by atoms with E-state index in [2.05, 4.69) is 0 Å². The second kappa shape index (κ2) is 7.59. The summed E-state index contributed by atoms with van der Waals surface area (Å²) < 4.78 is 18.5. The average Bonchev–Trinajstić information content (AvgIpc) is 2.89. The number of aliphatic hydroxyl groups is 1. The number of β-amino-alcohol motifs (C(OH)–C–C–N with tert-alkyl or cyclic N) is 1. The Labute approximate surface area is 139 Å². The molecule has 1 saturated heterocycles. The molecule has 0 bridgehead atoms. The van der Waals surface area contributed by atoms with E-state index in [0.717, 1.165) is 0 Å². The Bertz CT molecular complexity index is 624. The van der Waals surface area contributed by atoms with Crippen LogP contribution < -0.4 is 4.74 Å². The van der Waals surface area contributed by atoms with Crippen molar-refractivity contribution in [3.05, 3.63) is 29.6 Å². The van der Waals surface area contributed by atoms with E-state index in [-0.39, 0.29) is 37.7 Å². The number of likely N-dealkylation sites (tertiary alicyclic amines) is 1. The number of methoxy groups -OCH3 is 1. The fraction of sp³-hybridized carbons (Fsp3) is 0.500. The van der Waals surface area contributed by atoms with Gasteiger partial charge < -0.3 is 19.8 Å². The van der Waals surface area contributed by atoms with Crippen LogP contribution in [0.3, 0.4) is 0 Å². The van der Waals surface area contributed by atoms with Gasteiger partial charge >= 0.3 is 5.97 Å². The highest BCUT2D eigenvalue weighted by atomic mass is 19.1. The Balaban J connectivity index is 1.98. The topological polar surface area (TPSA) is 90.3 Å². The summed E-state index contributed by atoms with van der Waals surface area (Å²) in [5, 5.41) is 18.9. The van der Waals surface area contributed by atoms with E-state index in [0.29, 0.717) is 5.56 Å². The normalized spacial score (nSPS) is 20.5. The molecule has 8 heteroatoms. The van der Waals surface area contributed by atoms with Gasteiger partial charge in [-0.2, -0.15) is 0 Å². The molecule has 2 rings (SSSR count). The standard InChI is InChI=1S/C16H21FN2O5/c1-18(9-16(22)23)12-7-19(8-13(12)20)15(21)6-10-3-4-14(24-2)11(17)5-10/h3-5,12-13,20H,6-9H2,1-2H3,(H,22,23)/t12-,13-/m1/s1. The molecule has 2 N–H and O–H groups in total. The first-order valence-corrected chi connectivity index (χ1v) is 7.52. The fourth-order valence-electron chi connectivity index (χ4n) is 2.84. The Morgan fingerprint density at radius 1 is 1.42 bits per heavy atom. The van der Waals surface area contributed by atoms with Crippen molar-refractivity contribution in [3.63, 3.8) is 0 Å². The van der Waals surface area contributed by atoms with E-state index in [9.17, 15) is 19.1 Å². The van der Waals surface area contributed by atoms with Crippen LogP contribution in [-0.4, -0.2) is 77.8 Å². The summed E-state index contributed by atoms with van der Waals surface area (Å²) in [5.41, 5.74) is 0.509. The average molecular weight is 340 g/mol. The number of amides is 1. The van der Waals surface area contributed by atoms with Crippen LogP contribution in [0.1, 0.15) is 5.56 Å². The van der Waals surface area contributed by atoms with Crippen molar-refractivity contribution >= 4 is 11.9 Å². The number of aliphatic hydroxyl groups excluding tert-OH is 1. The number of halogens is 1. The molecule has 2 atom stereocenters. The quantitative estimate of drug-likeness (QED) is 0.756. The van der Waals surface area contributed by atoms with Crippen LogP contribution in [0.25, 0.3) is 0 Å². The predicted octanol–water partition coefficient (Wildman–Crippen LogP) is -0.0351. The van der Waals surface area contributed by atoms with Crippen LogP contribution in [0.2, 0.25) is 0 Å². The number of aliphatic carboxylic acids is 1. The van der Waals surface area contributed by atoms with Crippen molar-refractivity contribution in [2.75, 3.05) is 33.8 Å². The van der Waals surface area contributed by atoms with Gasteiger partial charge in [-0.3, -0.25) is 14.5 Å². The highest BCUT2D eigenvalue weighted by Crippen LogP contribution is 2.20. The number of nitrogens with zero attached hydrogens (tertiary/aromatic N) is 2. The molecule has 0 unspecified atom stereocenters. The SMILES string of the molecule is COc1ccc(CC(=O)N2C[C@@H](O)[C@H](N(C)CC(=O)O)C2)cc1F. The van der Waals surface area contributed by atoms with E-state index >= 15 is 0 Å². The third-order valence-electron chi connectivity index (χ3n) is 4.13. The van der Waals surface area contributed by atoms with Gasteiger partial charge in [-0.25, -0.2) is 4.39 Å². The minimum Gasteiger partial charge on any atom is -0.494 e. The van der Waals surface area contributed by atoms with Gasteiger partial charge in [0.05, 0.1) is 32.2 Å². The minimum absolute atomic E-state index is 0.00298. The maximum absolute atomic E-state index is 13.7.